The highest BCUT2D eigenvalue weighted by molar-refractivity contribution is 7.13. The van der Waals surface area contributed by atoms with Crippen LogP contribution in [0.25, 0.3) is 21.7 Å². The first-order valence-electron chi connectivity index (χ1n) is 8.85. The van der Waals surface area contributed by atoms with Crippen molar-refractivity contribution >= 4 is 21.7 Å². The first-order valence-corrected chi connectivity index (χ1v) is 9.62. The smallest absolute Gasteiger partial charge is 0.416 e. The highest BCUT2D eigenvalue weighted by Crippen LogP contribution is 2.33. The predicted octanol–water partition coefficient (Wildman–Crippen LogP) is 5.74. The normalized spacial score (nSPS) is 11.8. The maximum absolute atomic E-state index is 13.2. The molecule has 0 radical (unpaired) electrons. The number of nitrogens with zero attached hydrogens (tertiary/aromatic N) is 3. The Morgan fingerprint density at radius 2 is 1.83 bits per heavy atom. The number of hydrogen-bond donors (Lipinski definition) is 0. The van der Waals surface area contributed by atoms with Crippen molar-refractivity contribution in [2.45, 2.75) is 12.7 Å². The lowest BCUT2D eigenvalue weighted by Gasteiger charge is -2.14. The molecule has 2 aliphatic heterocycles. The second-order valence-electron chi connectivity index (χ2n) is 6.57. The Morgan fingerprint density at radius 3 is 2.52 bits per heavy atom. The number of fused-ring (bicyclic) bond motifs is 2. The van der Waals surface area contributed by atoms with Crippen molar-refractivity contribution in [3.05, 3.63) is 71.9 Å². The number of aromatic nitrogens is 3. The van der Waals surface area contributed by atoms with Gasteiger partial charge in [-0.15, -0.1) is 0 Å². The third kappa shape index (κ3) is 3.93. The molecule has 0 amide bonds. The Morgan fingerprint density at radius 1 is 1.07 bits per heavy atom. The summed E-state index contributed by atoms with van der Waals surface area (Å²) in [6.07, 6.45) is -2.53. The van der Waals surface area contributed by atoms with Gasteiger partial charge in [-0.05, 0) is 48.0 Å². The lowest BCUT2D eigenvalue weighted by atomic mass is 10.2. The molecule has 8 heteroatoms. The molecule has 0 aromatic heterocycles. The highest BCUT2D eigenvalue weighted by Gasteiger charge is 2.30. The van der Waals surface area contributed by atoms with Crippen molar-refractivity contribution < 1.29 is 17.9 Å². The van der Waals surface area contributed by atoms with E-state index in [1.54, 1.807) is 7.11 Å². The van der Waals surface area contributed by atoms with Crippen LogP contribution in [0.15, 0.2) is 60.8 Å². The summed E-state index contributed by atoms with van der Waals surface area (Å²) in [6.45, 7) is 0.531. The Hall–Kier alpha value is -3.00. The van der Waals surface area contributed by atoms with Gasteiger partial charge in [0.25, 0.3) is 0 Å². The molecule has 0 bridgehead atoms. The molecule has 0 saturated carbocycles. The maximum atomic E-state index is 13.2. The SMILES string of the molecule is COc1ccc(Cn2cccc3n(C)sc4ccc(C(F)(F)F)cc4nc2-3)cc1. The summed E-state index contributed by atoms with van der Waals surface area (Å²) in [7, 11) is 3.49. The molecule has 0 fully saturated rings. The van der Waals surface area contributed by atoms with Crippen LogP contribution >= 0.6 is 11.5 Å². The molecule has 4 nitrogen and oxygen atoms in total. The fourth-order valence-corrected chi connectivity index (χ4v) is 3.98. The number of hydrogen-bond acceptors (Lipinski definition) is 3. The molecule has 150 valence electrons. The van der Waals surface area contributed by atoms with Crippen molar-refractivity contribution in [3.63, 3.8) is 0 Å². The number of aryl methyl sites for hydroxylation is 1. The number of benzene rings is 2. The third-order valence-electron chi connectivity index (χ3n) is 4.62. The molecule has 0 aliphatic carbocycles. The van der Waals surface area contributed by atoms with Crippen LogP contribution in [0.3, 0.4) is 0 Å². The molecule has 2 aromatic rings. The Bertz CT molecular complexity index is 1170. The molecular weight excluding hydrogens is 399 g/mol. The van der Waals surface area contributed by atoms with Gasteiger partial charge in [0.2, 0.25) is 0 Å². The van der Waals surface area contributed by atoms with E-state index in [4.69, 9.17) is 4.74 Å². The number of methoxy groups -OCH3 is 1. The van der Waals surface area contributed by atoms with Gasteiger partial charge < -0.3 is 9.30 Å². The fourth-order valence-electron chi connectivity index (χ4n) is 3.12. The van der Waals surface area contributed by atoms with Gasteiger partial charge >= 0.3 is 6.18 Å². The minimum Gasteiger partial charge on any atom is -0.497 e. The van der Waals surface area contributed by atoms with Crippen LogP contribution in [0.1, 0.15) is 11.1 Å². The second-order valence-corrected chi connectivity index (χ2v) is 7.74. The predicted molar refractivity (Wildman–Crippen MR) is 108 cm³/mol. The van der Waals surface area contributed by atoms with E-state index in [9.17, 15) is 13.2 Å². The largest absolute Gasteiger partial charge is 0.497 e. The zero-order valence-electron chi connectivity index (χ0n) is 15.8. The Labute approximate surface area is 169 Å². The standard InChI is InChI=1S/C21H18F3N3OS/c1-26-18-4-3-11-27(13-14-5-8-16(28-2)9-6-14)20(18)25-17-12-15(21(22,23)24)7-10-19(17)29-26/h3-12H,13H2,1-2H3. The Kier molecular flexibility index (Phi) is 4.96. The van der Waals surface area contributed by atoms with Gasteiger partial charge in [-0.2, -0.15) is 13.2 Å². The van der Waals surface area contributed by atoms with E-state index in [1.165, 1.54) is 17.6 Å². The van der Waals surface area contributed by atoms with Crippen LogP contribution in [0.4, 0.5) is 13.2 Å². The van der Waals surface area contributed by atoms with Crippen molar-refractivity contribution in [1.29, 1.82) is 0 Å². The number of ether oxygens (including phenoxy) is 1. The molecule has 2 aliphatic rings. The minimum absolute atomic E-state index is 0.310. The first-order chi connectivity index (χ1) is 13.8. The summed E-state index contributed by atoms with van der Waals surface area (Å²) in [5.74, 6) is 1.37. The topological polar surface area (TPSA) is 32.0 Å². The summed E-state index contributed by atoms with van der Waals surface area (Å²) < 4.78 is 49.3. The quantitative estimate of drug-likeness (QED) is 0.426. The number of halogens is 3. The molecule has 2 heterocycles. The monoisotopic (exact) mass is 417 g/mol. The van der Waals surface area contributed by atoms with Crippen molar-refractivity contribution in [2.75, 3.05) is 7.11 Å². The van der Waals surface area contributed by atoms with E-state index < -0.39 is 11.7 Å². The van der Waals surface area contributed by atoms with E-state index in [0.717, 1.165) is 29.1 Å². The van der Waals surface area contributed by atoms with E-state index in [-0.39, 0.29) is 0 Å². The average Bonchev–Trinajstić information content (AvgIpc) is 2.84. The molecule has 0 spiro atoms. The van der Waals surface area contributed by atoms with E-state index >= 15 is 0 Å². The molecule has 0 saturated heterocycles. The molecule has 0 N–H and O–H groups in total. The van der Waals surface area contributed by atoms with Crippen molar-refractivity contribution in [3.8, 4) is 17.3 Å². The maximum Gasteiger partial charge on any atom is 0.416 e. The van der Waals surface area contributed by atoms with Crippen LogP contribution in [0, 0.1) is 0 Å². The van der Waals surface area contributed by atoms with Crippen LogP contribution < -0.4 is 4.74 Å². The van der Waals surface area contributed by atoms with E-state index in [2.05, 4.69) is 4.98 Å². The van der Waals surface area contributed by atoms with E-state index in [0.29, 0.717) is 22.6 Å². The molecule has 4 rings (SSSR count). The lowest BCUT2D eigenvalue weighted by Crippen LogP contribution is -2.08. The van der Waals surface area contributed by atoms with Crippen LogP contribution in [0.5, 0.6) is 5.75 Å². The van der Waals surface area contributed by atoms with Crippen LogP contribution in [-0.4, -0.2) is 20.6 Å². The van der Waals surface area contributed by atoms with Crippen molar-refractivity contribution in [1.82, 2.24) is 13.5 Å². The van der Waals surface area contributed by atoms with Crippen LogP contribution in [0.2, 0.25) is 0 Å². The fraction of sp³-hybridized carbons (Fsp3) is 0.190. The molecular formula is C21H18F3N3OS. The molecule has 29 heavy (non-hydrogen) atoms. The first kappa shape index (κ1) is 19.3. The summed E-state index contributed by atoms with van der Waals surface area (Å²) >= 11 is 1.36. The lowest BCUT2D eigenvalue weighted by molar-refractivity contribution is -0.137. The average molecular weight is 417 g/mol. The summed E-state index contributed by atoms with van der Waals surface area (Å²) in [4.78, 5) is 4.63. The van der Waals surface area contributed by atoms with Gasteiger partial charge in [0.05, 0.1) is 28.6 Å². The summed E-state index contributed by atoms with van der Waals surface area (Å²) in [6, 6.07) is 15.2. The number of rotatable bonds is 3. The zero-order chi connectivity index (χ0) is 20.6. The molecule has 0 unspecified atom stereocenters. The summed E-state index contributed by atoms with van der Waals surface area (Å²) in [5, 5.41) is 0. The van der Waals surface area contributed by atoms with E-state index in [1.807, 2.05) is 58.2 Å². The second kappa shape index (κ2) is 7.44. The van der Waals surface area contributed by atoms with Gasteiger partial charge in [0.15, 0.2) is 5.82 Å². The number of alkyl halides is 3. The van der Waals surface area contributed by atoms with Gasteiger partial charge in [0, 0.05) is 19.8 Å². The minimum atomic E-state index is -4.41. The molecule has 0 atom stereocenters. The summed E-state index contributed by atoms with van der Waals surface area (Å²) in [5.41, 5.74) is 1.47. The van der Waals surface area contributed by atoms with Gasteiger partial charge in [-0.25, -0.2) is 4.98 Å². The number of pyridine rings is 1. The van der Waals surface area contributed by atoms with Gasteiger partial charge in [-0.3, -0.25) is 3.96 Å². The third-order valence-corrected chi connectivity index (χ3v) is 5.63. The van der Waals surface area contributed by atoms with Crippen LogP contribution in [-0.2, 0) is 19.8 Å². The van der Waals surface area contributed by atoms with Gasteiger partial charge in [0.1, 0.15) is 5.75 Å². The highest BCUT2D eigenvalue weighted by atomic mass is 32.1. The zero-order valence-corrected chi connectivity index (χ0v) is 16.6. The Balaban J connectivity index is 1.88. The van der Waals surface area contributed by atoms with Crippen molar-refractivity contribution in [2.24, 2.45) is 7.05 Å². The van der Waals surface area contributed by atoms with Gasteiger partial charge in [-0.1, -0.05) is 23.7 Å². The molecule has 2 aromatic carbocycles.